The molecule has 3 N–H and O–H groups in total. The first kappa shape index (κ1) is 10.1. The molecule has 2 aromatic rings. The number of rotatable bonds is 2. The van der Waals surface area contributed by atoms with Gasteiger partial charge < -0.3 is 11.1 Å². The Hall–Kier alpha value is -2.03. The lowest BCUT2D eigenvalue weighted by atomic mass is 10.1. The topological polar surface area (TPSA) is 50.4 Å². The number of benzene rings is 2. The van der Waals surface area contributed by atoms with Gasteiger partial charge in [-0.2, -0.15) is 0 Å². The molecule has 0 aliphatic heterocycles. The third-order valence-electron chi connectivity index (χ3n) is 2.89. The summed E-state index contributed by atoms with van der Waals surface area (Å²) < 4.78 is 0. The quantitative estimate of drug-likeness (QED) is 0.610. The summed E-state index contributed by atoms with van der Waals surface area (Å²) in [4.78, 5) is 4.35. The molecule has 0 aromatic heterocycles. The van der Waals surface area contributed by atoms with Gasteiger partial charge in [-0.15, -0.1) is 0 Å². The van der Waals surface area contributed by atoms with Crippen LogP contribution in [0.3, 0.4) is 0 Å². The lowest BCUT2D eigenvalue weighted by Gasteiger charge is -2.06. The predicted octanol–water partition coefficient (Wildman–Crippen LogP) is 2.73. The highest BCUT2D eigenvalue weighted by Crippen LogP contribution is 2.23. The minimum atomic E-state index is 0.447. The first-order valence-electron chi connectivity index (χ1n) is 5.90. The van der Waals surface area contributed by atoms with Crippen LogP contribution in [-0.2, 0) is 0 Å². The van der Waals surface area contributed by atoms with Crippen LogP contribution in [0.2, 0.25) is 0 Å². The van der Waals surface area contributed by atoms with Crippen molar-refractivity contribution < 1.29 is 0 Å². The van der Waals surface area contributed by atoms with Gasteiger partial charge in [0.25, 0.3) is 0 Å². The highest BCUT2D eigenvalue weighted by Gasteiger charge is 2.20. The second-order valence-corrected chi connectivity index (χ2v) is 4.43. The van der Waals surface area contributed by atoms with Crippen LogP contribution in [0.4, 0.5) is 5.69 Å². The third-order valence-corrected chi connectivity index (χ3v) is 2.89. The van der Waals surface area contributed by atoms with Crippen molar-refractivity contribution >= 4 is 22.4 Å². The number of anilines is 1. The van der Waals surface area contributed by atoms with E-state index in [-0.39, 0.29) is 0 Å². The minimum absolute atomic E-state index is 0.447. The molecule has 17 heavy (non-hydrogen) atoms. The molecule has 0 bridgehead atoms. The molecule has 1 aliphatic rings. The third kappa shape index (κ3) is 2.38. The average molecular weight is 225 g/mol. The summed E-state index contributed by atoms with van der Waals surface area (Å²) in [6, 6.07) is 14.9. The van der Waals surface area contributed by atoms with E-state index in [1.165, 1.54) is 23.6 Å². The number of fused-ring (bicyclic) bond motifs is 1. The van der Waals surface area contributed by atoms with Gasteiger partial charge in [-0.25, -0.2) is 4.99 Å². The van der Waals surface area contributed by atoms with Gasteiger partial charge in [0.05, 0.1) is 6.04 Å². The van der Waals surface area contributed by atoms with Gasteiger partial charge in [0, 0.05) is 5.69 Å². The lowest BCUT2D eigenvalue weighted by molar-refractivity contribution is 1.06. The van der Waals surface area contributed by atoms with Crippen LogP contribution in [-0.4, -0.2) is 12.0 Å². The summed E-state index contributed by atoms with van der Waals surface area (Å²) >= 11 is 0. The van der Waals surface area contributed by atoms with Crippen molar-refractivity contribution in [3.05, 3.63) is 42.5 Å². The Bertz CT molecular complexity index is 570. The van der Waals surface area contributed by atoms with Gasteiger partial charge in [-0.1, -0.05) is 30.3 Å². The molecular formula is C14H15N3. The Morgan fingerprint density at radius 1 is 1.12 bits per heavy atom. The van der Waals surface area contributed by atoms with Crippen LogP contribution in [0.25, 0.3) is 10.8 Å². The van der Waals surface area contributed by atoms with E-state index in [4.69, 9.17) is 5.73 Å². The molecule has 0 atom stereocenters. The van der Waals surface area contributed by atoms with E-state index < -0.39 is 0 Å². The molecule has 0 heterocycles. The first-order valence-corrected chi connectivity index (χ1v) is 5.90. The van der Waals surface area contributed by atoms with Crippen LogP contribution >= 0.6 is 0 Å². The van der Waals surface area contributed by atoms with Crippen LogP contribution in [0.5, 0.6) is 0 Å². The van der Waals surface area contributed by atoms with Crippen LogP contribution < -0.4 is 11.1 Å². The smallest absolute Gasteiger partial charge is 0.193 e. The Balaban J connectivity index is 1.85. The van der Waals surface area contributed by atoms with E-state index in [1.54, 1.807) is 0 Å². The standard InChI is InChI=1S/C14H15N3/c15-14(16-12-7-8-12)17-13-6-5-10-3-1-2-4-11(10)9-13/h1-6,9,12H,7-8H2,(H3,15,16,17). The zero-order valence-electron chi connectivity index (χ0n) is 9.56. The molecule has 1 aliphatic carbocycles. The maximum atomic E-state index is 5.83. The zero-order chi connectivity index (χ0) is 11.7. The van der Waals surface area contributed by atoms with E-state index in [2.05, 4.69) is 34.6 Å². The molecule has 0 spiro atoms. The van der Waals surface area contributed by atoms with Crippen molar-refractivity contribution in [1.82, 2.24) is 0 Å². The van der Waals surface area contributed by atoms with Crippen molar-refractivity contribution in [3.63, 3.8) is 0 Å². The minimum Gasteiger partial charge on any atom is -0.370 e. The molecule has 3 nitrogen and oxygen atoms in total. The summed E-state index contributed by atoms with van der Waals surface area (Å²) in [5.41, 5.74) is 6.82. The SMILES string of the molecule is NC(=NC1CC1)Nc1ccc2ccccc2c1. The summed E-state index contributed by atoms with van der Waals surface area (Å²) in [6.07, 6.45) is 2.33. The Morgan fingerprint density at radius 3 is 2.65 bits per heavy atom. The maximum absolute atomic E-state index is 5.83. The molecule has 0 amide bonds. The molecule has 2 aromatic carbocycles. The maximum Gasteiger partial charge on any atom is 0.193 e. The molecule has 1 saturated carbocycles. The molecule has 86 valence electrons. The van der Waals surface area contributed by atoms with E-state index in [0.717, 1.165) is 5.69 Å². The van der Waals surface area contributed by atoms with E-state index in [0.29, 0.717) is 12.0 Å². The molecule has 0 radical (unpaired) electrons. The zero-order valence-corrected chi connectivity index (χ0v) is 9.56. The highest BCUT2D eigenvalue weighted by molar-refractivity contribution is 5.95. The fourth-order valence-corrected chi connectivity index (χ4v) is 1.85. The summed E-state index contributed by atoms with van der Waals surface area (Å²) in [6.45, 7) is 0. The fourth-order valence-electron chi connectivity index (χ4n) is 1.85. The lowest BCUT2D eigenvalue weighted by Crippen LogP contribution is -2.22. The monoisotopic (exact) mass is 225 g/mol. The van der Waals surface area contributed by atoms with Crippen molar-refractivity contribution in [2.75, 3.05) is 5.32 Å². The second kappa shape index (κ2) is 4.09. The normalized spacial score (nSPS) is 16.1. The fraction of sp³-hybridized carbons (Fsp3) is 0.214. The highest BCUT2D eigenvalue weighted by atomic mass is 15.1. The molecule has 0 saturated heterocycles. The van der Waals surface area contributed by atoms with Gasteiger partial charge in [0.15, 0.2) is 5.96 Å². The molecule has 3 heteroatoms. The molecular weight excluding hydrogens is 210 g/mol. The van der Waals surface area contributed by atoms with Gasteiger partial charge >= 0.3 is 0 Å². The van der Waals surface area contributed by atoms with Crippen LogP contribution in [0.15, 0.2) is 47.5 Å². The van der Waals surface area contributed by atoms with Crippen molar-refractivity contribution in [2.24, 2.45) is 10.7 Å². The number of aliphatic imine (C=N–C) groups is 1. The summed E-state index contributed by atoms with van der Waals surface area (Å²) in [5.74, 6) is 0.516. The van der Waals surface area contributed by atoms with Gasteiger partial charge in [-0.3, -0.25) is 0 Å². The summed E-state index contributed by atoms with van der Waals surface area (Å²) in [5, 5.41) is 5.57. The number of nitrogens with one attached hydrogen (secondary N) is 1. The van der Waals surface area contributed by atoms with Crippen LogP contribution in [0, 0.1) is 0 Å². The number of guanidine groups is 1. The predicted molar refractivity (Wildman–Crippen MR) is 72.2 cm³/mol. The van der Waals surface area contributed by atoms with Crippen molar-refractivity contribution in [2.45, 2.75) is 18.9 Å². The number of hydrogen-bond acceptors (Lipinski definition) is 1. The van der Waals surface area contributed by atoms with Crippen molar-refractivity contribution in [1.29, 1.82) is 0 Å². The first-order chi connectivity index (χ1) is 8.31. The molecule has 0 unspecified atom stereocenters. The Labute approximate surface area is 100 Å². The van der Waals surface area contributed by atoms with Gasteiger partial charge in [0.2, 0.25) is 0 Å². The molecule has 3 rings (SSSR count). The van der Waals surface area contributed by atoms with E-state index in [1.807, 2.05) is 18.2 Å². The largest absolute Gasteiger partial charge is 0.370 e. The number of hydrogen-bond donors (Lipinski definition) is 2. The van der Waals surface area contributed by atoms with E-state index in [9.17, 15) is 0 Å². The second-order valence-electron chi connectivity index (χ2n) is 4.43. The summed E-state index contributed by atoms with van der Waals surface area (Å²) in [7, 11) is 0. The number of nitrogens with two attached hydrogens (primary N) is 1. The van der Waals surface area contributed by atoms with Crippen LogP contribution in [0.1, 0.15) is 12.8 Å². The van der Waals surface area contributed by atoms with Gasteiger partial charge in [0.1, 0.15) is 0 Å². The Morgan fingerprint density at radius 2 is 1.88 bits per heavy atom. The van der Waals surface area contributed by atoms with E-state index >= 15 is 0 Å². The average Bonchev–Trinajstić information content (AvgIpc) is 3.12. The molecule has 1 fully saturated rings. The van der Waals surface area contributed by atoms with Crippen molar-refractivity contribution in [3.8, 4) is 0 Å². The number of nitrogens with zero attached hydrogens (tertiary/aromatic N) is 1. The Kier molecular flexibility index (Phi) is 2.44. The van der Waals surface area contributed by atoms with Gasteiger partial charge in [-0.05, 0) is 35.7 Å².